The first-order valence-electron chi connectivity index (χ1n) is 11.6. The molecule has 34 heavy (non-hydrogen) atoms. The molecule has 1 aliphatic rings. The Morgan fingerprint density at radius 3 is 2.09 bits per heavy atom. The first-order valence-corrected chi connectivity index (χ1v) is 11.6. The third-order valence-corrected chi connectivity index (χ3v) is 5.94. The standard InChI is InChI=1S/C23H36N4O7/c1-2-17-3-5-18(6-4-17)24-20(28)8-7-19(23(33)34)27-13-11-25(15-21(29)30)9-10-26(12-14-27)16-22(31)32/h3-6,19,21,29-30H,2,7-16H2,1H3,(H,24,28)(H,31,32)(H,33,34). The molecule has 11 nitrogen and oxygen atoms in total. The second kappa shape index (κ2) is 14.0. The molecule has 1 atom stereocenters. The highest BCUT2D eigenvalue weighted by atomic mass is 16.5. The average Bonchev–Trinajstić information content (AvgIpc) is 2.85. The van der Waals surface area contributed by atoms with Gasteiger partial charge in [-0.25, -0.2) is 0 Å². The lowest BCUT2D eigenvalue weighted by molar-refractivity contribution is -0.144. The van der Waals surface area contributed by atoms with Gasteiger partial charge in [0.2, 0.25) is 5.91 Å². The topological polar surface area (TPSA) is 154 Å². The van der Waals surface area contributed by atoms with Crippen LogP contribution in [0.4, 0.5) is 5.69 Å². The molecule has 1 aromatic rings. The minimum atomic E-state index is -1.55. The molecule has 0 bridgehead atoms. The summed E-state index contributed by atoms with van der Waals surface area (Å²) in [4.78, 5) is 40.9. The predicted molar refractivity (Wildman–Crippen MR) is 125 cm³/mol. The first-order chi connectivity index (χ1) is 16.2. The number of nitrogens with zero attached hydrogens (tertiary/aromatic N) is 3. The highest BCUT2D eigenvalue weighted by Crippen LogP contribution is 2.14. The third-order valence-electron chi connectivity index (χ3n) is 5.94. The molecule has 1 aromatic carbocycles. The molecule has 1 saturated heterocycles. The summed E-state index contributed by atoms with van der Waals surface area (Å²) in [5, 5.41) is 40.6. The van der Waals surface area contributed by atoms with Crippen molar-refractivity contribution in [3.8, 4) is 0 Å². The Morgan fingerprint density at radius 2 is 1.53 bits per heavy atom. The van der Waals surface area contributed by atoms with Crippen molar-refractivity contribution in [1.82, 2.24) is 14.7 Å². The minimum Gasteiger partial charge on any atom is -0.480 e. The molecule has 0 radical (unpaired) electrons. The molecule has 1 unspecified atom stereocenters. The second-order valence-electron chi connectivity index (χ2n) is 8.48. The van der Waals surface area contributed by atoms with Gasteiger partial charge in [0, 0.05) is 57.9 Å². The van der Waals surface area contributed by atoms with Crippen molar-refractivity contribution in [2.75, 3.05) is 57.7 Å². The average molecular weight is 481 g/mol. The van der Waals surface area contributed by atoms with E-state index in [1.807, 2.05) is 31.2 Å². The van der Waals surface area contributed by atoms with Crippen molar-refractivity contribution in [1.29, 1.82) is 0 Å². The number of amides is 1. The quantitative estimate of drug-likeness (QED) is 0.268. The predicted octanol–water partition coefficient (Wildman–Crippen LogP) is -0.264. The summed E-state index contributed by atoms with van der Waals surface area (Å²) < 4.78 is 0. The first kappa shape index (κ1) is 27.7. The van der Waals surface area contributed by atoms with E-state index < -0.39 is 24.3 Å². The van der Waals surface area contributed by atoms with Crippen LogP contribution in [0, 0.1) is 0 Å². The zero-order valence-electron chi connectivity index (χ0n) is 19.6. The lowest BCUT2D eigenvalue weighted by Crippen LogP contribution is -2.47. The number of carbonyl (C=O) groups excluding carboxylic acids is 1. The van der Waals surface area contributed by atoms with Crippen molar-refractivity contribution in [2.45, 2.75) is 38.5 Å². The van der Waals surface area contributed by atoms with Gasteiger partial charge in [-0.2, -0.15) is 0 Å². The van der Waals surface area contributed by atoms with Gasteiger partial charge in [0.05, 0.1) is 6.54 Å². The molecular formula is C23H36N4O7. The molecule has 0 aliphatic carbocycles. The van der Waals surface area contributed by atoms with Crippen LogP contribution in [-0.2, 0) is 20.8 Å². The number of carboxylic acids is 2. The van der Waals surface area contributed by atoms with E-state index in [1.54, 1.807) is 14.7 Å². The van der Waals surface area contributed by atoms with Gasteiger partial charge >= 0.3 is 11.9 Å². The maximum Gasteiger partial charge on any atom is 0.320 e. The number of aryl methyl sites for hydroxylation is 1. The lowest BCUT2D eigenvalue weighted by Gasteiger charge is -2.30. The number of carboxylic acid groups (broad SMARTS) is 2. The number of carbonyl (C=O) groups is 3. The molecule has 0 spiro atoms. The van der Waals surface area contributed by atoms with Gasteiger partial charge in [-0.05, 0) is 30.5 Å². The summed E-state index contributed by atoms with van der Waals surface area (Å²) in [6.07, 6.45) is -0.549. The largest absolute Gasteiger partial charge is 0.480 e. The number of aliphatic carboxylic acids is 2. The van der Waals surface area contributed by atoms with Crippen molar-refractivity contribution in [3.63, 3.8) is 0 Å². The van der Waals surface area contributed by atoms with Gasteiger partial charge in [-0.1, -0.05) is 19.1 Å². The Morgan fingerprint density at radius 1 is 0.941 bits per heavy atom. The van der Waals surface area contributed by atoms with Gasteiger partial charge in [0.15, 0.2) is 6.29 Å². The number of β-amino-alcohol motifs (C(OH)–C–C–N with tert-alkyl or cyclic N) is 2. The molecule has 5 N–H and O–H groups in total. The van der Waals surface area contributed by atoms with Crippen molar-refractivity contribution < 1.29 is 34.8 Å². The van der Waals surface area contributed by atoms with Crippen LogP contribution >= 0.6 is 0 Å². The monoisotopic (exact) mass is 480 g/mol. The number of hydrogen-bond donors (Lipinski definition) is 5. The van der Waals surface area contributed by atoms with E-state index in [2.05, 4.69) is 5.32 Å². The number of anilines is 1. The molecule has 1 amide bonds. The van der Waals surface area contributed by atoms with E-state index >= 15 is 0 Å². The molecule has 190 valence electrons. The van der Waals surface area contributed by atoms with Gasteiger partial charge in [-0.15, -0.1) is 0 Å². The smallest absolute Gasteiger partial charge is 0.320 e. The van der Waals surface area contributed by atoms with Crippen molar-refractivity contribution in [3.05, 3.63) is 29.8 Å². The van der Waals surface area contributed by atoms with Gasteiger partial charge < -0.3 is 25.7 Å². The fourth-order valence-electron chi connectivity index (χ4n) is 4.01. The molecule has 1 fully saturated rings. The number of rotatable bonds is 11. The summed E-state index contributed by atoms with van der Waals surface area (Å²) in [5.41, 5.74) is 1.80. The van der Waals surface area contributed by atoms with Crippen molar-refractivity contribution >= 4 is 23.5 Å². The van der Waals surface area contributed by atoms with Crippen molar-refractivity contribution in [2.24, 2.45) is 0 Å². The van der Waals surface area contributed by atoms with Gasteiger partial charge in [0.25, 0.3) is 0 Å². The van der Waals surface area contributed by atoms with Crippen LogP contribution < -0.4 is 5.32 Å². The number of aliphatic hydroxyl groups excluding tert-OH is 1. The molecule has 0 saturated carbocycles. The van der Waals surface area contributed by atoms with Crippen LogP contribution in [0.25, 0.3) is 0 Å². The van der Waals surface area contributed by atoms with E-state index in [1.165, 1.54) is 0 Å². The molecule has 11 heteroatoms. The molecule has 2 rings (SSSR count). The highest BCUT2D eigenvalue weighted by molar-refractivity contribution is 5.91. The Bertz CT molecular complexity index is 803. The lowest BCUT2D eigenvalue weighted by atomic mass is 10.1. The summed E-state index contributed by atoms with van der Waals surface area (Å²) >= 11 is 0. The zero-order chi connectivity index (χ0) is 25.1. The molecule has 0 aromatic heterocycles. The van der Waals surface area contributed by atoms with Crippen LogP contribution in [0.1, 0.15) is 25.3 Å². The summed E-state index contributed by atoms with van der Waals surface area (Å²) in [7, 11) is 0. The maximum atomic E-state index is 12.4. The maximum absolute atomic E-state index is 12.4. The minimum absolute atomic E-state index is 0.0148. The fraction of sp³-hybridized carbons (Fsp3) is 0.609. The number of nitrogens with one attached hydrogen (secondary N) is 1. The zero-order valence-corrected chi connectivity index (χ0v) is 19.6. The van der Waals surface area contributed by atoms with Crippen LogP contribution in [0.15, 0.2) is 24.3 Å². The molecule has 1 heterocycles. The van der Waals surface area contributed by atoms with E-state index in [0.717, 1.165) is 12.0 Å². The summed E-state index contributed by atoms with van der Waals surface area (Å²) in [6.45, 7) is 4.05. The van der Waals surface area contributed by atoms with E-state index in [-0.39, 0.29) is 31.8 Å². The van der Waals surface area contributed by atoms with Gasteiger partial charge in [0.1, 0.15) is 6.04 Å². The number of hydrogen-bond acceptors (Lipinski definition) is 8. The van der Waals surface area contributed by atoms with Crippen LogP contribution in [0.5, 0.6) is 0 Å². The second-order valence-corrected chi connectivity index (χ2v) is 8.48. The van der Waals surface area contributed by atoms with E-state index in [9.17, 15) is 34.8 Å². The Kier molecular flexibility index (Phi) is 11.4. The van der Waals surface area contributed by atoms with Crippen LogP contribution in [0.2, 0.25) is 0 Å². The van der Waals surface area contributed by atoms with Crippen LogP contribution in [-0.4, -0.2) is 118 Å². The van der Waals surface area contributed by atoms with Crippen LogP contribution in [0.3, 0.4) is 0 Å². The Labute approximate surface area is 199 Å². The summed E-state index contributed by atoms with van der Waals surface area (Å²) in [6, 6.07) is 6.55. The summed E-state index contributed by atoms with van der Waals surface area (Å²) in [5.74, 6) is -2.33. The number of aliphatic hydroxyl groups is 2. The normalized spacial score (nSPS) is 17.5. The SMILES string of the molecule is CCc1ccc(NC(=O)CCC(C(=O)O)N2CCN(CC(=O)O)CCN(CC(O)O)CC2)cc1. The number of benzene rings is 1. The third kappa shape index (κ3) is 9.74. The Hall–Kier alpha value is -2.57. The highest BCUT2D eigenvalue weighted by Gasteiger charge is 2.28. The van der Waals surface area contributed by atoms with E-state index in [4.69, 9.17) is 0 Å². The molecule has 1 aliphatic heterocycles. The van der Waals surface area contributed by atoms with Gasteiger partial charge in [-0.3, -0.25) is 29.1 Å². The van der Waals surface area contributed by atoms with E-state index in [0.29, 0.717) is 45.0 Å². The molecular weight excluding hydrogens is 444 g/mol. The Balaban J connectivity index is 2.03. The fourth-order valence-corrected chi connectivity index (χ4v) is 4.01.